The van der Waals surface area contributed by atoms with Gasteiger partial charge in [-0.2, -0.15) is 0 Å². The van der Waals surface area contributed by atoms with Crippen molar-refractivity contribution < 1.29 is 9.84 Å². The summed E-state index contributed by atoms with van der Waals surface area (Å²) in [6.07, 6.45) is 0. The molecule has 0 amide bonds. The van der Waals surface area contributed by atoms with Crippen LogP contribution in [0.1, 0.15) is 0 Å². The second-order valence-corrected chi connectivity index (χ2v) is 4.49. The molecule has 0 atom stereocenters. The maximum absolute atomic E-state index is 9.56. The lowest BCUT2D eigenvalue weighted by atomic mass is 10.3. The summed E-state index contributed by atoms with van der Waals surface area (Å²) in [6.45, 7) is 0. The van der Waals surface area contributed by atoms with E-state index in [1.807, 2.05) is 0 Å². The molecule has 0 radical (unpaired) electrons. The Morgan fingerprint density at radius 1 is 0.824 bits per heavy atom. The summed E-state index contributed by atoms with van der Waals surface area (Å²) >= 11 is 17.6. The van der Waals surface area contributed by atoms with Crippen molar-refractivity contribution in [2.45, 2.75) is 0 Å². The maximum Gasteiger partial charge on any atom is 0.169 e. The first-order valence-electron chi connectivity index (χ1n) is 4.68. The van der Waals surface area contributed by atoms with Crippen molar-refractivity contribution in [2.24, 2.45) is 0 Å². The van der Waals surface area contributed by atoms with Gasteiger partial charge >= 0.3 is 0 Å². The van der Waals surface area contributed by atoms with Crippen LogP contribution >= 0.6 is 34.8 Å². The van der Waals surface area contributed by atoms with Crippen LogP contribution in [0.5, 0.6) is 17.2 Å². The van der Waals surface area contributed by atoms with Crippen molar-refractivity contribution in [1.29, 1.82) is 0 Å². The summed E-state index contributed by atoms with van der Waals surface area (Å²) in [5.74, 6) is 0.657. The molecule has 5 heteroatoms. The van der Waals surface area contributed by atoms with E-state index < -0.39 is 0 Å². The molecular weight excluding hydrogens is 282 g/mol. The van der Waals surface area contributed by atoms with E-state index in [1.54, 1.807) is 18.2 Å². The molecule has 17 heavy (non-hydrogen) atoms. The molecule has 2 aromatic carbocycles. The molecule has 0 bridgehead atoms. The first-order valence-corrected chi connectivity index (χ1v) is 5.81. The van der Waals surface area contributed by atoms with Crippen LogP contribution in [0.4, 0.5) is 0 Å². The molecule has 0 heterocycles. The molecule has 0 aromatic heterocycles. The molecule has 88 valence electrons. The Balaban J connectivity index is 2.37. The Morgan fingerprint density at radius 2 is 1.47 bits per heavy atom. The largest absolute Gasteiger partial charge is 0.504 e. The molecule has 0 saturated heterocycles. The van der Waals surface area contributed by atoms with Gasteiger partial charge in [-0.05, 0) is 18.2 Å². The molecule has 0 fully saturated rings. The fourth-order valence-corrected chi connectivity index (χ4v) is 1.82. The summed E-state index contributed by atoms with van der Waals surface area (Å²) in [5.41, 5.74) is 0. The number of aromatic hydroxyl groups is 1. The normalized spacial score (nSPS) is 10.3. The lowest BCUT2D eigenvalue weighted by Gasteiger charge is -2.09. The molecule has 1 N–H and O–H groups in total. The Kier molecular flexibility index (Phi) is 3.67. The highest BCUT2D eigenvalue weighted by Crippen LogP contribution is 2.38. The van der Waals surface area contributed by atoms with Gasteiger partial charge in [-0.15, -0.1) is 0 Å². The second kappa shape index (κ2) is 5.05. The number of para-hydroxylation sites is 2. The highest BCUT2D eigenvalue weighted by molar-refractivity contribution is 6.43. The van der Waals surface area contributed by atoms with Gasteiger partial charge in [-0.25, -0.2) is 0 Å². The molecule has 2 rings (SSSR count). The van der Waals surface area contributed by atoms with Crippen molar-refractivity contribution in [3.05, 3.63) is 51.5 Å². The summed E-state index contributed by atoms with van der Waals surface area (Å²) in [6, 6.07) is 9.55. The third-order valence-corrected chi connectivity index (χ3v) is 3.08. The van der Waals surface area contributed by atoms with Crippen molar-refractivity contribution in [1.82, 2.24) is 0 Å². The molecule has 0 unspecified atom stereocenters. The monoisotopic (exact) mass is 288 g/mol. The lowest BCUT2D eigenvalue weighted by Crippen LogP contribution is -1.86. The van der Waals surface area contributed by atoms with E-state index in [9.17, 15) is 5.11 Å². The smallest absolute Gasteiger partial charge is 0.169 e. The van der Waals surface area contributed by atoms with Gasteiger partial charge in [0.05, 0.1) is 15.1 Å². The van der Waals surface area contributed by atoms with Crippen LogP contribution in [-0.2, 0) is 0 Å². The Morgan fingerprint density at radius 3 is 2.18 bits per heavy atom. The first kappa shape index (κ1) is 12.4. The third-order valence-electron chi connectivity index (χ3n) is 2.06. The minimum absolute atomic E-state index is 0.0228. The van der Waals surface area contributed by atoms with E-state index in [0.717, 1.165) is 0 Å². The van der Waals surface area contributed by atoms with E-state index in [2.05, 4.69) is 0 Å². The molecule has 2 nitrogen and oxygen atoms in total. The topological polar surface area (TPSA) is 29.5 Å². The summed E-state index contributed by atoms with van der Waals surface area (Å²) in [5, 5.41) is 10.6. The summed E-state index contributed by atoms with van der Waals surface area (Å²) in [4.78, 5) is 0. The molecule has 0 aliphatic carbocycles. The molecule has 0 aliphatic rings. The molecule has 0 saturated carbocycles. The minimum atomic E-state index is 0.0228. The van der Waals surface area contributed by atoms with Crippen LogP contribution in [0.25, 0.3) is 0 Å². The Labute approximate surface area is 113 Å². The zero-order valence-corrected chi connectivity index (χ0v) is 10.7. The van der Waals surface area contributed by atoms with Crippen LogP contribution < -0.4 is 4.74 Å². The molecule has 2 aromatic rings. The van der Waals surface area contributed by atoms with Gasteiger partial charge < -0.3 is 9.84 Å². The van der Waals surface area contributed by atoms with E-state index in [1.165, 1.54) is 18.2 Å². The van der Waals surface area contributed by atoms with E-state index in [0.29, 0.717) is 26.6 Å². The van der Waals surface area contributed by atoms with Gasteiger partial charge in [-0.3, -0.25) is 0 Å². The highest BCUT2D eigenvalue weighted by Gasteiger charge is 2.09. The van der Waals surface area contributed by atoms with Crippen LogP contribution in [0.2, 0.25) is 15.1 Å². The van der Waals surface area contributed by atoms with Crippen molar-refractivity contribution in [3.63, 3.8) is 0 Å². The number of halogens is 3. The average molecular weight is 290 g/mol. The number of phenolic OH excluding ortho intramolecular Hbond substituents is 1. The number of hydrogen-bond donors (Lipinski definition) is 1. The zero-order valence-electron chi connectivity index (χ0n) is 8.45. The quantitative estimate of drug-likeness (QED) is 0.775. The van der Waals surface area contributed by atoms with Crippen LogP contribution in [-0.4, -0.2) is 5.11 Å². The maximum atomic E-state index is 9.56. The van der Waals surface area contributed by atoms with Crippen molar-refractivity contribution in [2.75, 3.05) is 0 Å². The number of hydrogen-bond acceptors (Lipinski definition) is 2. The van der Waals surface area contributed by atoms with Crippen molar-refractivity contribution in [3.8, 4) is 17.2 Å². The number of benzene rings is 2. The van der Waals surface area contributed by atoms with E-state index in [4.69, 9.17) is 39.5 Å². The first-order chi connectivity index (χ1) is 8.08. The summed E-state index contributed by atoms with van der Waals surface area (Å²) in [7, 11) is 0. The summed E-state index contributed by atoms with van der Waals surface area (Å²) < 4.78 is 5.45. The standard InChI is InChI=1S/C12H7Cl3O2/c13-7-5-9(15)12(6-8(7)14)17-11-4-2-1-3-10(11)16/h1-6,16H. The SMILES string of the molecule is Oc1ccccc1Oc1cc(Cl)c(Cl)cc1Cl. The fourth-order valence-electron chi connectivity index (χ4n) is 1.24. The van der Waals surface area contributed by atoms with Gasteiger partial charge in [0, 0.05) is 6.07 Å². The van der Waals surface area contributed by atoms with Crippen molar-refractivity contribution >= 4 is 34.8 Å². The average Bonchev–Trinajstić information content (AvgIpc) is 2.29. The van der Waals surface area contributed by atoms with Gasteiger partial charge in [0.1, 0.15) is 5.75 Å². The zero-order chi connectivity index (χ0) is 12.4. The predicted molar refractivity (Wildman–Crippen MR) is 69.7 cm³/mol. The van der Waals surface area contributed by atoms with Gasteiger partial charge in [0.25, 0.3) is 0 Å². The minimum Gasteiger partial charge on any atom is -0.504 e. The number of rotatable bonds is 2. The Bertz CT molecular complexity index is 555. The van der Waals surface area contributed by atoms with Crippen LogP contribution in [0.15, 0.2) is 36.4 Å². The van der Waals surface area contributed by atoms with Gasteiger partial charge in [0.15, 0.2) is 11.5 Å². The molecule has 0 spiro atoms. The lowest BCUT2D eigenvalue weighted by molar-refractivity contribution is 0.411. The van der Waals surface area contributed by atoms with Crippen LogP contribution in [0.3, 0.4) is 0 Å². The van der Waals surface area contributed by atoms with E-state index >= 15 is 0 Å². The highest BCUT2D eigenvalue weighted by atomic mass is 35.5. The molecular formula is C12H7Cl3O2. The predicted octanol–water partition coefficient (Wildman–Crippen LogP) is 5.14. The third kappa shape index (κ3) is 2.78. The van der Waals surface area contributed by atoms with E-state index in [-0.39, 0.29) is 5.75 Å². The van der Waals surface area contributed by atoms with Gasteiger partial charge in [0.2, 0.25) is 0 Å². The molecule has 0 aliphatic heterocycles. The van der Waals surface area contributed by atoms with Crippen LogP contribution in [0, 0.1) is 0 Å². The fraction of sp³-hybridized carbons (Fsp3) is 0. The second-order valence-electron chi connectivity index (χ2n) is 3.27. The Hall–Kier alpha value is -1.09. The number of phenols is 1. The van der Waals surface area contributed by atoms with Gasteiger partial charge in [-0.1, -0.05) is 46.9 Å². The number of ether oxygens (including phenoxy) is 1.